The minimum atomic E-state index is -0.375. The molecule has 0 radical (unpaired) electrons. The average Bonchev–Trinajstić information content (AvgIpc) is 2.31. The first-order chi connectivity index (χ1) is 8.06. The third-order valence-electron chi connectivity index (χ3n) is 2.32. The van der Waals surface area contributed by atoms with Gasteiger partial charge in [0.2, 0.25) is 0 Å². The molecule has 17 heavy (non-hydrogen) atoms. The van der Waals surface area contributed by atoms with Gasteiger partial charge in [-0.1, -0.05) is 24.2 Å². The van der Waals surface area contributed by atoms with Crippen molar-refractivity contribution < 1.29 is 9.53 Å². The molecule has 0 atom stereocenters. The molecule has 0 fully saturated rings. The van der Waals surface area contributed by atoms with Gasteiger partial charge < -0.3 is 10.1 Å². The van der Waals surface area contributed by atoms with Crippen LogP contribution in [-0.4, -0.2) is 19.1 Å². The third kappa shape index (κ3) is 3.79. The number of esters is 1. The standard InChI is InChI=1S/C13H16ClNO2/c1-4-17-13(16)9(2)8-15-12-7-5-6-11(14)10(12)3/h5-7,15H,2,4,8H2,1,3H3. The van der Waals surface area contributed by atoms with Gasteiger partial charge in [0.25, 0.3) is 0 Å². The fraction of sp³-hybridized carbons (Fsp3) is 0.308. The number of hydrogen-bond acceptors (Lipinski definition) is 3. The van der Waals surface area contributed by atoms with Gasteiger partial charge in [-0.05, 0) is 31.5 Å². The quantitative estimate of drug-likeness (QED) is 0.647. The van der Waals surface area contributed by atoms with Crippen molar-refractivity contribution in [1.29, 1.82) is 0 Å². The molecule has 1 rings (SSSR count). The first kappa shape index (κ1) is 13.6. The summed E-state index contributed by atoms with van der Waals surface area (Å²) in [5, 5.41) is 3.80. The van der Waals surface area contributed by atoms with E-state index in [1.807, 2.05) is 25.1 Å². The Bertz CT molecular complexity index is 429. The van der Waals surface area contributed by atoms with Crippen molar-refractivity contribution in [3.05, 3.63) is 40.9 Å². The molecule has 0 aliphatic heterocycles. The van der Waals surface area contributed by atoms with Crippen molar-refractivity contribution in [1.82, 2.24) is 0 Å². The van der Waals surface area contributed by atoms with Gasteiger partial charge in [-0.3, -0.25) is 0 Å². The molecule has 0 saturated carbocycles. The molecule has 0 saturated heterocycles. The van der Waals surface area contributed by atoms with E-state index < -0.39 is 0 Å². The highest BCUT2D eigenvalue weighted by Crippen LogP contribution is 2.22. The molecular weight excluding hydrogens is 238 g/mol. The number of benzene rings is 1. The van der Waals surface area contributed by atoms with Gasteiger partial charge in [0.1, 0.15) is 0 Å². The molecule has 0 amide bonds. The van der Waals surface area contributed by atoms with Crippen LogP contribution < -0.4 is 5.32 Å². The molecular formula is C13H16ClNO2. The molecule has 92 valence electrons. The van der Waals surface area contributed by atoms with Gasteiger partial charge in [-0.25, -0.2) is 4.79 Å². The van der Waals surface area contributed by atoms with Crippen molar-refractivity contribution >= 4 is 23.3 Å². The SMILES string of the molecule is C=C(CNc1cccc(Cl)c1C)C(=O)OCC. The molecule has 1 aromatic rings. The summed E-state index contributed by atoms with van der Waals surface area (Å²) in [5.74, 6) is -0.375. The van der Waals surface area contributed by atoms with E-state index in [1.165, 1.54) is 0 Å². The zero-order chi connectivity index (χ0) is 12.8. The Labute approximate surface area is 106 Å². The van der Waals surface area contributed by atoms with E-state index in [9.17, 15) is 4.79 Å². The molecule has 0 heterocycles. The Morgan fingerprint density at radius 2 is 2.24 bits per heavy atom. The fourth-order valence-electron chi connectivity index (χ4n) is 1.31. The van der Waals surface area contributed by atoms with Crippen LogP contribution in [0.5, 0.6) is 0 Å². The second-order valence-electron chi connectivity index (χ2n) is 3.59. The number of rotatable bonds is 5. The molecule has 0 aliphatic carbocycles. The van der Waals surface area contributed by atoms with Gasteiger partial charge in [-0.2, -0.15) is 0 Å². The number of anilines is 1. The van der Waals surface area contributed by atoms with E-state index in [0.717, 1.165) is 11.3 Å². The zero-order valence-corrected chi connectivity index (χ0v) is 10.8. The molecule has 0 aliphatic rings. The number of halogens is 1. The summed E-state index contributed by atoms with van der Waals surface area (Å²) in [4.78, 5) is 11.3. The highest BCUT2D eigenvalue weighted by molar-refractivity contribution is 6.31. The predicted molar refractivity (Wildman–Crippen MR) is 70.5 cm³/mol. The maximum atomic E-state index is 11.3. The van der Waals surface area contributed by atoms with Crippen LogP contribution in [0.15, 0.2) is 30.4 Å². The summed E-state index contributed by atoms with van der Waals surface area (Å²) in [7, 11) is 0. The normalized spacial score (nSPS) is 9.82. The highest BCUT2D eigenvalue weighted by Gasteiger charge is 2.08. The maximum absolute atomic E-state index is 11.3. The fourth-order valence-corrected chi connectivity index (χ4v) is 1.48. The maximum Gasteiger partial charge on any atom is 0.335 e. The molecule has 1 aromatic carbocycles. The minimum Gasteiger partial charge on any atom is -0.463 e. The number of carbonyl (C=O) groups excluding carboxylic acids is 1. The van der Waals surface area contributed by atoms with Gasteiger partial charge in [0.15, 0.2) is 0 Å². The van der Waals surface area contributed by atoms with E-state index >= 15 is 0 Å². The molecule has 1 N–H and O–H groups in total. The topological polar surface area (TPSA) is 38.3 Å². The van der Waals surface area contributed by atoms with Crippen molar-refractivity contribution in [2.75, 3.05) is 18.5 Å². The summed E-state index contributed by atoms with van der Waals surface area (Å²) in [5.41, 5.74) is 2.24. The minimum absolute atomic E-state index is 0.347. The average molecular weight is 254 g/mol. The van der Waals surface area contributed by atoms with Gasteiger partial charge in [0.05, 0.1) is 6.61 Å². The number of nitrogens with one attached hydrogen (secondary N) is 1. The van der Waals surface area contributed by atoms with Crippen LogP contribution in [0.2, 0.25) is 5.02 Å². The molecule has 3 nitrogen and oxygen atoms in total. The first-order valence-corrected chi connectivity index (χ1v) is 5.78. The number of ether oxygens (including phenoxy) is 1. The van der Waals surface area contributed by atoms with Crippen LogP contribution in [0.25, 0.3) is 0 Å². The summed E-state index contributed by atoms with van der Waals surface area (Å²) in [6, 6.07) is 5.58. The third-order valence-corrected chi connectivity index (χ3v) is 2.73. The summed E-state index contributed by atoms with van der Waals surface area (Å²) in [6.45, 7) is 8.05. The van der Waals surface area contributed by atoms with Gasteiger partial charge in [-0.15, -0.1) is 0 Å². The lowest BCUT2D eigenvalue weighted by Crippen LogP contribution is -2.15. The van der Waals surface area contributed by atoms with E-state index in [1.54, 1.807) is 6.92 Å². The zero-order valence-electron chi connectivity index (χ0n) is 10.0. The molecule has 0 spiro atoms. The Kier molecular flexibility index (Phi) is 5.04. The molecule has 4 heteroatoms. The van der Waals surface area contributed by atoms with Crippen LogP contribution in [0.3, 0.4) is 0 Å². The highest BCUT2D eigenvalue weighted by atomic mass is 35.5. The summed E-state index contributed by atoms with van der Waals surface area (Å²) >= 11 is 5.99. The summed E-state index contributed by atoms with van der Waals surface area (Å²) < 4.78 is 4.84. The van der Waals surface area contributed by atoms with E-state index in [2.05, 4.69) is 11.9 Å². The Morgan fingerprint density at radius 1 is 1.53 bits per heavy atom. The lowest BCUT2D eigenvalue weighted by molar-refractivity contribution is -0.138. The van der Waals surface area contributed by atoms with Crippen LogP contribution in [0.1, 0.15) is 12.5 Å². The van der Waals surface area contributed by atoms with E-state index in [4.69, 9.17) is 16.3 Å². The second kappa shape index (κ2) is 6.30. The molecule has 0 aromatic heterocycles. The van der Waals surface area contributed by atoms with E-state index in [0.29, 0.717) is 23.7 Å². The van der Waals surface area contributed by atoms with Crippen LogP contribution in [0, 0.1) is 6.92 Å². The van der Waals surface area contributed by atoms with E-state index in [-0.39, 0.29) is 5.97 Å². The lowest BCUT2D eigenvalue weighted by atomic mass is 10.2. The second-order valence-corrected chi connectivity index (χ2v) is 4.00. The van der Waals surface area contributed by atoms with Crippen molar-refractivity contribution in [2.45, 2.75) is 13.8 Å². The molecule has 0 unspecified atom stereocenters. The number of hydrogen-bond donors (Lipinski definition) is 1. The first-order valence-electron chi connectivity index (χ1n) is 5.40. The van der Waals surface area contributed by atoms with Crippen LogP contribution in [-0.2, 0) is 9.53 Å². The monoisotopic (exact) mass is 253 g/mol. The smallest absolute Gasteiger partial charge is 0.335 e. The predicted octanol–water partition coefficient (Wildman–Crippen LogP) is 3.18. The largest absolute Gasteiger partial charge is 0.463 e. The number of carbonyl (C=O) groups is 1. The van der Waals surface area contributed by atoms with Gasteiger partial charge in [0, 0.05) is 22.8 Å². The van der Waals surface area contributed by atoms with Crippen LogP contribution in [0.4, 0.5) is 5.69 Å². The van der Waals surface area contributed by atoms with Crippen molar-refractivity contribution in [3.63, 3.8) is 0 Å². The Hall–Kier alpha value is -1.48. The van der Waals surface area contributed by atoms with Crippen molar-refractivity contribution in [2.24, 2.45) is 0 Å². The van der Waals surface area contributed by atoms with Crippen LogP contribution >= 0.6 is 11.6 Å². The lowest BCUT2D eigenvalue weighted by Gasteiger charge is -2.11. The Balaban J connectivity index is 2.59. The molecule has 0 bridgehead atoms. The summed E-state index contributed by atoms with van der Waals surface area (Å²) in [6.07, 6.45) is 0. The Morgan fingerprint density at radius 3 is 2.88 bits per heavy atom. The van der Waals surface area contributed by atoms with Gasteiger partial charge >= 0.3 is 5.97 Å². The van der Waals surface area contributed by atoms with Crippen molar-refractivity contribution in [3.8, 4) is 0 Å².